The maximum absolute atomic E-state index is 12.5. The molecule has 0 bridgehead atoms. The van der Waals surface area contributed by atoms with Gasteiger partial charge in [-0.3, -0.25) is 0 Å². The molecule has 2 rings (SSSR count). The molecule has 1 aromatic carbocycles. The summed E-state index contributed by atoms with van der Waals surface area (Å²) in [6, 6.07) is 10.3. The molecule has 0 aliphatic heterocycles. The predicted molar refractivity (Wildman–Crippen MR) is 83.3 cm³/mol. The van der Waals surface area contributed by atoms with E-state index in [-0.39, 0.29) is 10.9 Å². The Hall–Kier alpha value is -1.37. The van der Waals surface area contributed by atoms with Crippen molar-refractivity contribution in [1.82, 2.24) is 4.31 Å². The molecule has 20 heavy (non-hydrogen) atoms. The summed E-state index contributed by atoms with van der Waals surface area (Å²) >= 11 is 1.64. The molecule has 0 fully saturated rings. The summed E-state index contributed by atoms with van der Waals surface area (Å²) in [5.74, 6) is 0. The third-order valence-corrected chi connectivity index (χ3v) is 6.10. The average Bonchev–Trinajstić information content (AvgIpc) is 2.90. The molecule has 1 unspecified atom stereocenters. The van der Waals surface area contributed by atoms with Crippen LogP contribution in [0.2, 0.25) is 0 Å². The normalized spacial score (nSPS) is 13.6. The summed E-state index contributed by atoms with van der Waals surface area (Å²) < 4.78 is 26.5. The van der Waals surface area contributed by atoms with E-state index in [1.807, 2.05) is 24.4 Å². The molecule has 0 radical (unpaired) electrons. The van der Waals surface area contributed by atoms with Crippen LogP contribution in [0.15, 0.2) is 46.7 Å². The van der Waals surface area contributed by atoms with Gasteiger partial charge in [0.05, 0.1) is 4.90 Å². The van der Waals surface area contributed by atoms with Crippen LogP contribution >= 0.6 is 11.3 Å². The van der Waals surface area contributed by atoms with Gasteiger partial charge in [-0.15, -0.1) is 11.3 Å². The molecule has 0 saturated heterocycles. The number of sulfonamides is 1. The molecular weight excluding hydrogens is 292 g/mol. The summed E-state index contributed by atoms with van der Waals surface area (Å²) in [5.41, 5.74) is 6.11. The molecule has 1 heterocycles. The van der Waals surface area contributed by atoms with E-state index >= 15 is 0 Å². The number of hydrogen-bond donors (Lipinski definition) is 1. The zero-order chi connectivity index (χ0) is 14.8. The second-order valence-electron chi connectivity index (χ2n) is 4.73. The largest absolute Gasteiger partial charge is 0.399 e. The van der Waals surface area contributed by atoms with Gasteiger partial charge in [0.2, 0.25) is 10.0 Å². The van der Waals surface area contributed by atoms with E-state index in [0.717, 1.165) is 0 Å². The van der Waals surface area contributed by atoms with Crippen molar-refractivity contribution < 1.29 is 8.42 Å². The van der Waals surface area contributed by atoms with Gasteiger partial charge in [-0.1, -0.05) is 12.1 Å². The average molecular weight is 310 g/mol. The van der Waals surface area contributed by atoms with Crippen LogP contribution in [0.1, 0.15) is 11.8 Å². The number of nitrogens with zero attached hydrogens (tertiary/aromatic N) is 1. The number of benzene rings is 1. The fraction of sp³-hybridized carbons (Fsp3) is 0.286. The molecule has 0 amide bonds. The van der Waals surface area contributed by atoms with Gasteiger partial charge in [0.25, 0.3) is 0 Å². The highest BCUT2D eigenvalue weighted by atomic mass is 32.2. The topological polar surface area (TPSA) is 63.4 Å². The van der Waals surface area contributed by atoms with Crippen LogP contribution < -0.4 is 5.73 Å². The van der Waals surface area contributed by atoms with Gasteiger partial charge >= 0.3 is 0 Å². The summed E-state index contributed by atoms with van der Waals surface area (Å²) in [4.78, 5) is 1.41. The van der Waals surface area contributed by atoms with Crippen molar-refractivity contribution in [2.24, 2.45) is 0 Å². The molecule has 108 valence electrons. The highest BCUT2D eigenvalue weighted by Crippen LogP contribution is 2.21. The molecule has 6 heteroatoms. The van der Waals surface area contributed by atoms with Gasteiger partial charge in [-0.25, -0.2) is 8.42 Å². The maximum atomic E-state index is 12.5. The molecule has 2 N–H and O–H groups in total. The van der Waals surface area contributed by atoms with Crippen LogP contribution in [0.3, 0.4) is 0 Å². The standard InChI is InChI=1S/C14H18N2O2S2/c1-11(9-13-6-4-8-19-13)16(2)20(17,18)14-7-3-5-12(15)10-14/h3-8,10-11H,9,15H2,1-2H3. The van der Waals surface area contributed by atoms with Crippen molar-refractivity contribution in [3.05, 3.63) is 46.7 Å². The zero-order valence-electron chi connectivity index (χ0n) is 11.5. The first-order valence-electron chi connectivity index (χ1n) is 6.27. The Morgan fingerprint density at radius 1 is 1.30 bits per heavy atom. The molecule has 1 atom stereocenters. The summed E-state index contributed by atoms with van der Waals surface area (Å²) in [7, 11) is -1.90. The van der Waals surface area contributed by atoms with Crippen molar-refractivity contribution in [1.29, 1.82) is 0 Å². The summed E-state index contributed by atoms with van der Waals surface area (Å²) in [6.07, 6.45) is 0.704. The second-order valence-corrected chi connectivity index (χ2v) is 7.76. The third-order valence-electron chi connectivity index (χ3n) is 3.23. The van der Waals surface area contributed by atoms with Crippen LogP contribution in [0.4, 0.5) is 5.69 Å². The highest BCUT2D eigenvalue weighted by molar-refractivity contribution is 7.89. The maximum Gasteiger partial charge on any atom is 0.243 e. The van der Waals surface area contributed by atoms with E-state index in [4.69, 9.17) is 5.73 Å². The van der Waals surface area contributed by atoms with Crippen LogP contribution in [0.25, 0.3) is 0 Å². The minimum Gasteiger partial charge on any atom is -0.399 e. The Morgan fingerprint density at radius 2 is 2.05 bits per heavy atom. The first-order chi connectivity index (χ1) is 9.41. The molecule has 0 aliphatic carbocycles. The number of likely N-dealkylation sites (N-methyl/N-ethyl adjacent to an activating group) is 1. The first-order valence-corrected chi connectivity index (χ1v) is 8.59. The lowest BCUT2D eigenvalue weighted by molar-refractivity contribution is 0.388. The monoisotopic (exact) mass is 310 g/mol. The number of hydrogen-bond acceptors (Lipinski definition) is 4. The van der Waals surface area contributed by atoms with E-state index in [9.17, 15) is 8.42 Å². The van der Waals surface area contributed by atoms with Gasteiger partial charge in [0, 0.05) is 23.7 Å². The summed E-state index contributed by atoms with van der Waals surface area (Å²) in [6.45, 7) is 1.91. The lowest BCUT2D eigenvalue weighted by atomic mass is 10.2. The van der Waals surface area contributed by atoms with Gasteiger partial charge in [0.15, 0.2) is 0 Å². The Kier molecular flexibility index (Phi) is 4.47. The minimum absolute atomic E-state index is 0.111. The number of rotatable bonds is 5. The molecule has 1 aromatic heterocycles. The predicted octanol–water partition coefficient (Wildman–Crippen LogP) is 2.58. The molecule has 4 nitrogen and oxygen atoms in total. The Labute approximate surface area is 123 Å². The molecule has 0 saturated carbocycles. The van der Waals surface area contributed by atoms with Gasteiger partial charge in [-0.05, 0) is 43.0 Å². The van der Waals surface area contributed by atoms with Crippen molar-refractivity contribution in [2.75, 3.05) is 12.8 Å². The van der Waals surface area contributed by atoms with E-state index in [0.29, 0.717) is 12.1 Å². The third kappa shape index (κ3) is 3.20. The quantitative estimate of drug-likeness (QED) is 0.863. The Bertz CT molecular complexity index is 666. The van der Waals surface area contributed by atoms with E-state index in [1.165, 1.54) is 15.2 Å². The van der Waals surface area contributed by atoms with E-state index < -0.39 is 10.0 Å². The summed E-state index contributed by atoms with van der Waals surface area (Å²) in [5, 5.41) is 1.99. The zero-order valence-corrected chi connectivity index (χ0v) is 13.1. The van der Waals surface area contributed by atoms with Crippen LogP contribution in [-0.4, -0.2) is 25.8 Å². The minimum atomic E-state index is -3.51. The molecular formula is C14H18N2O2S2. The lowest BCUT2D eigenvalue weighted by Gasteiger charge is -2.24. The Balaban J connectivity index is 2.20. The fourth-order valence-corrected chi connectivity index (χ4v) is 4.17. The smallest absolute Gasteiger partial charge is 0.243 e. The van der Waals surface area contributed by atoms with Crippen LogP contribution in [0.5, 0.6) is 0 Å². The number of nitrogens with two attached hydrogens (primary N) is 1. The number of anilines is 1. The van der Waals surface area contributed by atoms with E-state index in [1.54, 1.807) is 36.6 Å². The SMILES string of the molecule is CC(Cc1cccs1)N(C)S(=O)(=O)c1cccc(N)c1. The second kappa shape index (κ2) is 5.95. The molecule has 0 spiro atoms. The van der Waals surface area contributed by atoms with Crippen molar-refractivity contribution >= 4 is 27.0 Å². The first kappa shape index (κ1) is 15.0. The van der Waals surface area contributed by atoms with Crippen LogP contribution in [-0.2, 0) is 16.4 Å². The molecule has 2 aromatic rings. The lowest BCUT2D eigenvalue weighted by Crippen LogP contribution is -2.36. The molecule has 0 aliphatic rings. The van der Waals surface area contributed by atoms with Crippen molar-refractivity contribution in [3.8, 4) is 0 Å². The van der Waals surface area contributed by atoms with Crippen molar-refractivity contribution in [2.45, 2.75) is 24.3 Å². The number of thiophene rings is 1. The number of nitrogen functional groups attached to an aromatic ring is 1. The highest BCUT2D eigenvalue weighted by Gasteiger charge is 2.25. The fourth-order valence-electron chi connectivity index (χ4n) is 1.93. The Morgan fingerprint density at radius 3 is 2.65 bits per heavy atom. The van der Waals surface area contributed by atoms with Gasteiger partial charge < -0.3 is 5.73 Å². The van der Waals surface area contributed by atoms with Gasteiger partial charge in [-0.2, -0.15) is 4.31 Å². The van der Waals surface area contributed by atoms with E-state index in [2.05, 4.69) is 0 Å². The van der Waals surface area contributed by atoms with Gasteiger partial charge in [0.1, 0.15) is 0 Å². The van der Waals surface area contributed by atoms with Crippen LogP contribution in [0, 0.1) is 0 Å². The van der Waals surface area contributed by atoms with Crippen molar-refractivity contribution in [3.63, 3.8) is 0 Å².